The van der Waals surface area contributed by atoms with Gasteiger partial charge in [-0.1, -0.05) is 0 Å². The van der Waals surface area contributed by atoms with Crippen molar-refractivity contribution in [3.05, 3.63) is 34.5 Å². The van der Waals surface area contributed by atoms with Crippen molar-refractivity contribution in [2.75, 3.05) is 39.5 Å². The van der Waals surface area contributed by atoms with Gasteiger partial charge in [0.05, 0.1) is 4.91 Å². The van der Waals surface area contributed by atoms with Crippen molar-refractivity contribution in [3.63, 3.8) is 0 Å². The second-order valence-corrected chi connectivity index (χ2v) is 12.7. The highest BCUT2D eigenvalue weighted by molar-refractivity contribution is 8.18. The van der Waals surface area contributed by atoms with Crippen molar-refractivity contribution in [1.29, 1.82) is 0 Å². The Labute approximate surface area is 197 Å². The number of hydrogen-bond acceptors (Lipinski definition) is 6. The Kier molecular flexibility index (Phi) is 7.26. The maximum atomic E-state index is 14.0. The summed E-state index contributed by atoms with van der Waals surface area (Å²) in [6.07, 6.45) is 5.79. The minimum absolute atomic E-state index is 0.188. The molecule has 2 fully saturated rings. The summed E-state index contributed by atoms with van der Waals surface area (Å²) < 4.78 is 34.1. The normalized spacial score (nSPS) is 21.5. The third kappa shape index (κ3) is 5.67. The number of carbonyl (C=O) groups is 2. The topological polar surface area (TPSA) is 82.5 Å². The van der Waals surface area contributed by atoms with E-state index in [2.05, 4.69) is 4.99 Å². The average molecular weight is 495 g/mol. The lowest BCUT2D eigenvalue weighted by Crippen LogP contribution is -2.46. The van der Waals surface area contributed by atoms with Crippen molar-refractivity contribution in [1.82, 2.24) is 14.7 Å². The van der Waals surface area contributed by atoms with E-state index in [-0.39, 0.29) is 5.75 Å². The van der Waals surface area contributed by atoms with Crippen LogP contribution in [-0.4, -0.2) is 71.4 Å². The fraction of sp³-hybridized carbons (Fsp3) is 0.500. The highest BCUT2D eigenvalue weighted by atomic mass is 32.2. The molecule has 0 aromatic heterocycles. The summed E-state index contributed by atoms with van der Waals surface area (Å²) in [5.41, 5.74) is 0.291. The van der Waals surface area contributed by atoms with Crippen LogP contribution in [0.15, 0.2) is 28.1 Å². The molecule has 178 valence electrons. The number of aliphatic imine (C=N–C) groups is 1. The molecule has 8 nitrogen and oxygen atoms in total. The molecule has 0 unspecified atom stereocenters. The standard InChI is InChI=1S/C22H28FN4O4PS/c1-32(2,30)27-13-7-6-12-26(27)21-24-20(28)19(33-21)15-16-14-17(23)8-9-18(16)31-22(29)25-10-4-3-5-11-25/h8-9,14-15H,3-7,10-13H2,1-2H3/b19-15-. The van der Waals surface area contributed by atoms with Crippen LogP contribution in [0.3, 0.4) is 0 Å². The molecule has 1 aromatic carbocycles. The third-order valence-electron chi connectivity index (χ3n) is 5.71. The summed E-state index contributed by atoms with van der Waals surface area (Å²) in [6.45, 7) is 5.91. The van der Waals surface area contributed by atoms with E-state index in [0.717, 1.165) is 43.9 Å². The number of hydrogen-bond donors (Lipinski definition) is 0. The van der Waals surface area contributed by atoms with Crippen LogP contribution in [0.4, 0.5) is 9.18 Å². The molecule has 3 aliphatic heterocycles. The van der Waals surface area contributed by atoms with E-state index < -0.39 is 25.1 Å². The summed E-state index contributed by atoms with van der Waals surface area (Å²) >= 11 is 1.15. The Bertz CT molecular complexity index is 1050. The largest absolute Gasteiger partial charge is 0.415 e. The molecule has 3 heterocycles. The fourth-order valence-electron chi connectivity index (χ4n) is 4.06. The average Bonchev–Trinajstić information content (AvgIpc) is 3.15. The van der Waals surface area contributed by atoms with Gasteiger partial charge in [-0.25, -0.2) is 9.18 Å². The van der Waals surface area contributed by atoms with Gasteiger partial charge in [-0.05, 0) is 68.1 Å². The molecule has 33 heavy (non-hydrogen) atoms. The minimum atomic E-state index is -2.58. The number of ether oxygens (including phenoxy) is 1. The Morgan fingerprint density at radius 2 is 1.82 bits per heavy atom. The molecular weight excluding hydrogens is 466 g/mol. The van der Waals surface area contributed by atoms with Crippen LogP contribution in [-0.2, 0) is 9.36 Å². The summed E-state index contributed by atoms with van der Waals surface area (Å²) in [7, 11) is -2.58. The van der Waals surface area contributed by atoms with Crippen molar-refractivity contribution in [2.45, 2.75) is 32.1 Å². The van der Waals surface area contributed by atoms with Gasteiger partial charge in [0.2, 0.25) is 0 Å². The van der Waals surface area contributed by atoms with Gasteiger partial charge in [0, 0.05) is 45.1 Å². The Balaban J connectivity index is 1.54. The lowest BCUT2D eigenvalue weighted by atomic mass is 10.1. The summed E-state index contributed by atoms with van der Waals surface area (Å²) in [5, 5.41) is 2.27. The van der Waals surface area contributed by atoms with Crippen LogP contribution in [0.25, 0.3) is 6.08 Å². The van der Waals surface area contributed by atoms with Gasteiger partial charge in [-0.15, -0.1) is 0 Å². The summed E-state index contributed by atoms with van der Waals surface area (Å²) in [5.74, 6) is -0.774. The van der Waals surface area contributed by atoms with Gasteiger partial charge in [0.1, 0.15) is 11.6 Å². The summed E-state index contributed by atoms with van der Waals surface area (Å²) in [4.78, 5) is 31.3. The van der Waals surface area contributed by atoms with Gasteiger partial charge in [0.25, 0.3) is 5.91 Å². The zero-order chi connectivity index (χ0) is 23.6. The molecule has 0 N–H and O–H groups in total. The van der Waals surface area contributed by atoms with E-state index in [4.69, 9.17) is 4.74 Å². The maximum absolute atomic E-state index is 14.0. The molecule has 3 aliphatic rings. The van der Waals surface area contributed by atoms with Gasteiger partial charge in [0.15, 0.2) is 12.5 Å². The highest BCUT2D eigenvalue weighted by Gasteiger charge is 2.35. The number of benzene rings is 1. The fourth-order valence-corrected chi connectivity index (χ4v) is 6.37. The van der Waals surface area contributed by atoms with Gasteiger partial charge >= 0.3 is 6.09 Å². The number of amidine groups is 1. The molecule has 4 rings (SSSR count). The number of rotatable bonds is 3. The first-order valence-electron chi connectivity index (χ1n) is 11.1. The molecule has 0 spiro atoms. The molecule has 11 heteroatoms. The second kappa shape index (κ2) is 9.99. The zero-order valence-electron chi connectivity index (χ0n) is 18.8. The van der Waals surface area contributed by atoms with Crippen LogP contribution in [0, 0.1) is 5.82 Å². The van der Waals surface area contributed by atoms with Crippen LogP contribution in [0.1, 0.15) is 37.7 Å². The molecular formula is C22H28FN4O4PS. The van der Waals surface area contributed by atoms with E-state index >= 15 is 0 Å². The van der Waals surface area contributed by atoms with E-state index in [9.17, 15) is 18.5 Å². The molecule has 2 amide bonds. The zero-order valence-corrected chi connectivity index (χ0v) is 20.5. The lowest BCUT2D eigenvalue weighted by molar-refractivity contribution is -0.113. The molecule has 1 aromatic rings. The van der Waals surface area contributed by atoms with Crippen LogP contribution >= 0.6 is 19.1 Å². The smallest absolute Gasteiger partial charge is 0.410 e. The molecule has 2 saturated heterocycles. The maximum Gasteiger partial charge on any atom is 0.415 e. The van der Waals surface area contributed by atoms with Crippen LogP contribution < -0.4 is 4.74 Å². The predicted molar refractivity (Wildman–Crippen MR) is 128 cm³/mol. The van der Waals surface area contributed by atoms with Crippen molar-refractivity contribution in [2.24, 2.45) is 4.99 Å². The molecule has 0 bridgehead atoms. The SMILES string of the molecule is CP(C)(=O)N1CCCCN1C1=NC(=O)/C(=C/c2cc(F)ccc2OC(=O)N2CCCCC2)S1. The van der Waals surface area contributed by atoms with Gasteiger partial charge in [-0.3, -0.25) is 9.80 Å². The quantitative estimate of drug-likeness (QED) is 0.448. The monoisotopic (exact) mass is 494 g/mol. The van der Waals surface area contributed by atoms with Gasteiger partial charge < -0.3 is 14.2 Å². The highest BCUT2D eigenvalue weighted by Crippen LogP contribution is 2.46. The first kappa shape index (κ1) is 24.0. The number of halogens is 1. The first-order valence-corrected chi connectivity index (χ1v) is 14.5. The third-order valence-corrected chi connectivity index (χ3v) is 8.24. The number of amides is 2. The number of piperidine rings is 1. The van der Waals surface area contributed by atoms with E-state index in [1.165, 1.54) is 24.3 Å². The predicted octanol–water partition coefficient (Wildman–Crippen LogP) is 4.63. The molecule has 0 radical (unpaired) electrons. The number of hydrazine groups is 1. The lowest BCUT2D eigenvalue weighted by Gasteiger charge is -2.41. The van der Waals surface area contributed by atoms with Crippen molar-refractivity contribution < 1.29 is 23.3 Å². The Morgan fingerprint density at radius 1 is 1.12 bits per heavy atom. The van der Waals surface area contributed by atoms with E-state index in [0.29, 0.717) is 41.8 Å². The number of carbonyl (C=O) groups excluding carboxylic acids is 2. The molecule has 0 saturated carbocycles. The van der Waals surface area contributed by atoms with Crippen molar-refractivity contribution >= 4 is 42.3 Å². The van der Waals surface area contributed by atoms with E-state index in [1.54, 1.807) is 23.0 Å². The first-order chi connectivity index (χ1) is 15.7. The van der Waals surface area contributed by atoms with Crippen molar-refractivity contribution in [3.8, 4) is 5.75 Å². The minimum Gasteiger partial charge on any atom is -0.410 e. The Morgan fingerprint density at radius 3 is 2.55 bits per heavy atom. The number of likely N-dealkylation sites (tertiary alicyclic amines) is 1. The van der Waals surface area contributed by atoms with Gasteiger partial charge in [-0.2, -0.15) is 9.77 Å². The number of thioether (sulfide) groups is 1. The molecule has 0 atom stereocenters. The molecule has 0 aliphatic carbocycles. The Hall–Kier alpha value is -2.16. The van der Waals surface area contributed by atoms with E-state index in [1.807, 2.05) is 5.01 Å². The van der Waals surface area contributed by atoms with Crippen LogP contribution in [0.5, 0.6) is 5.75 Å². The number of nitrogens with zero attached hydrogens (tertiary/aromatic N) is 4. The summed E-state index contributed by atoms with van der Waals surface area (Å²) in [6, 6.07) is 3.85. The van der Waals surface area contributed by atoms with Crippen LogP contribution in [0.2, 0.25) is 0 Å². The second-order valence-electron chi connectivity index (χ2n) is 8.63.